The molecule has 2 saturated heterocycles. The summed E-state index contributed by atoms with van der Waals surface area (Å²) in [7, 11) is 1.58. The molecule has 2 aromatic carbocycles. The Kier molecular flexibility index (Phi) is 7.22. The van der Waals surface area contributed by atoms with E-state index in [-0.39, 0.29) is 11.8 Å². The number of hydrogen-bond acceptors (Lipinski definition) is 3. The minimum absolute atomic E-state index is 0.0345. The van der Waals surface area contributed by atoms with Crippen molar-refractivity contribution in [2.75, 3.05) is 33.3 Å². The highest BCUT2D eigenvalue weighted by Crippen LogP contribution is 2.40. The molecule has 0 spiro atoms. The van der Waals surface area contributed by atoms with Gasteiger partial charge in [0, 0.05) is 55.6 Å². The molecule has 2 heterocycles. The summed E-state index contributed by atoms with van der Waals surface area (Å²) in [6, 6.07) is 9.08. The van der Waals surface area contributed by atoms with Gasteiger partial charge in [-0.05, 0) is 36.3 Å². The molecule has 33 heavy (non-hydrogen) atoms. The van der Waals surface area contributed by atoms with Crippen LogP contribution in [0.5, 0.6) is 5.75 Å². The summed E-state index contributed by atoms with van der Waals surface area (Å²) in [6.07, 6.45) is 2.22. The number of aryl methyl sites for hydroxylation is 1. The van der Waals surface area contributed by atoms with E-state index in [4.69, 9.17) is 39.5 Å². The number of halogens is 3. The molecule has 2 fully saturated rings. The van der Waals surface area contributed by atoms with Crippen LogP contribution >= 0.6 is 34.8 Å². The molecule has 0 saturated carbocycles. The lowest BCUT2D eigenvalue weighted by Crippen LogP contribution is -2.35. The van der Waals surface area contributed by atoms with Gasteiger partial charge in [0.15, 0.2) is 0 Å². The van der Waals surface area contributed by atoms with Crippen LogP contribution in [-0.2, 0) is 16.0 Å². The van der Waals surface area contributed by atoms with Gasteiger partial charge in [-0.25, -0.2) is 0 Å². The molecular formula is C25H25Cl3N2O3. The molecule has 2 amide bonds. The molecule has 8 heteroatoms. The number of likely N-dealkylation sites (tertiary alicyclic amines) is 2. The lowest BCUT2D eigenvalue weighted by molar-refractivity contribution is -0.130. The summed E-state index contributed by atoms with van der Waals surface area (Å²) in [4.78, 5) is 28.6. The zero-order chi connectivity index (χ0) is 23.7. The molecule has 2 aliphatic heterocycles. The van der Waals surface area contributed by atoms with Crippen molar-refractivity contribution in [2.45, 2.75) is 12.8 Å². The lowest BCUT2D eigenvalue weighted by atomic mass is 9.99. The first kappa shape index (κ1) is 23.9. The van der Waals surface area contributed by atoms with Crippen molar-refractivity contribution in [2.24, 2.45) is 11.8 Å². The predicted molar refractivity (Wildman–Crippen MR) is 132 cm³/mol. The Bertz CT molecular complexity index is 1090. The van der Waals surface area contributed by atoms with Crippen molar-refractivity contribution in [1.82, 2.24) is 9.80 Å². The number of ether oxygens (including phenoxy) is 1. The molecule has 2 aliphatic rings. The van der Waals surface area contributed by atoms with Crippen LogP contribution in [0, 0.1) is 11.8 Å². The smallest absolute Gasteiger partial charge is 0.245 e. The Hall–Kier alpha value is -2.21. The maximum Gasteiger partial charge on any atom is 0.245 e. The second-order valence-electron chi connectivity index (χ2n) is 8.51. The molecule has 0 bridgehead atoms. The molecule has 2 aromatic rings. The van der Waals surface area contributed by atoms with Gasteiger partial charge in [0.05, 0.1) is 22.2 Å². The normalized spacial score (nSPS) is 19.5. The SMILES string of the molecule is C=CC(=O)N1CC2CN(C(=O)CCc3cc(-c4cccc(Cl)c4Cl)c(Cl)cc3OC)CC2C1. The van der Waals surface area contributed by atoms with Crippen molar-refractivity contribution in [3.05, 3.63) is 63.6 Å². The average Bonchev–Trinajstić information content (AvgIpc) is 3.39. The Morgan fingerprint density at radius 3 is 2.33 bits per heavy atom. The number of benzene rings is 2. The van der Waals surface area contributed by atoms with Crippen molar-refractivity contribution in [3.8, 4) is 16.9 Å². The number of methoxy groups -OCH3 is 1. The Morgan fingerprint density at radius 1 is 1.03 bits per heavy atom. The molecular weight excluding hydrogens is 483 g/mol. The molecule has 4 rings (SSSR count). The Balaban J connectivity index is 1.45. The maximum atomic E-state index is 13.0. The third-order valence-corrected chi connectivity index (χ3v) is 7.68. The molecule has 174 valence electrons. The van der Waals surface area contributed by atoms with E-state index in [0.29, 0.717) is 71.7 Å². The first-order valence-electron chi connectivity index (χ1n) is 10.8. The van der Waals surface area contributed by atoms with Gasteiger partial charge in [-0.2, -0.15) is 0 Å². The fourth-order valence-corrected chi connectivity index (χ4v) is 5.47. The van der Waals surface area contributed by atoms with Gasteiger partial charge in [0.2, 0.25) is 11.8 Å². The minimum atomic E-state index is -0.0345. The van der Waals surface area contributed by atoms with Gasteiger partial charge in [-0.3, -0.25) is 9.59 Å². The van der Waals surface area contributed by atoms with Crippen LogP contribution < -0.4 is 4.74 Å². The van der Waals surface area contributed by atoms with Crippen LogP contribution in [0.2, 0.25) is 15.1 Å². The largest absolute Gasteiger partial charge is 0.496 e. The summed E-state index contributed by atoms with van der Waals surface area (Å²) in [6.45, 7) is 6.31. The molecule has 2 unspecified atom stereocenters. The van der Waals surface area contributed by atoms with Crippen molar-refractivity contribution in [3.63, 3.8) is 0 Å². The zero-order valence-electron chi connectivity index (χ0n) is 18.3. The van der Waals surface area contributed by atoms with Crippen LogP contribution in [-0.4, -0.2) is 54.9 Å². The van der Waals surface area contributed by atoms with Gasteiger partial charge in [0.1, 0.15) is 5.75 Å². The maximum absolute atomic E-state index is 13.0. The van der Waals surface area contributed by atoms with E-state index in [1.165, 1.54) is 6.08 Å². The highest BCUT2D eigenvalue weighted by molar-refractivity contribution is 6.44. The highest BCUT2D eigenvalue weighted by Gasteiger charge is 2.42. The number of nitrogens with zero attached hydrogens (tertiary/aromatic N) is 2. The predicted octanol–water partition coefficient (Wildman–Crippen LogP) is 5.36. The molecule has 0 aliphatic carbocycles. The van der Waals surface area contributed by atoms with Gasteiger partial charge in [0.25, 0.3) is 0 Å². The second-order valence-corrected chi connectivity index (χ2v) is 9.70. The van der Waals surface area contributed by atoms with Crippen LogP contribution in [0.3, 0.4) is 0 Å². The van der Waals surface area contributed by atoms with Crippen molar-refractivity contribution >= 4 is 46.6 Å². The van der Waals surface area contributed by atoms with Gasteiger partial charge in [-0.1, -0.05) is 53.5 Å². The summed E-state index contributed by atoms with van der Waals surface area (Å²) >= 11 is 19.1. The number of amides is 2. The molecule has 0 N–H and O–H groups in total. The van der Waals surface area contributed by atoms with E-state index >= 15 is 0 Å². The Labute approximate surface area is 208 Å². The van der Waals surface area contributed by atoms with Crippen LogP contribution in [0.15, 0.2) is 43.0 Å². The lowest BCUT2D eigenvalue weighted by Gasteiger charge is -2.21. The van der Waals surface area contributed by atoms with E-state index in [9.17, 15) is 9.59 Å². The quantitative estimate of drug-likeness (QED) is 0.495. The standard InChI is InChI=1S/C25H25Cl3N2O3/c1-3-23(31)29-11-16-13-30(14-17(16)12-29)24(32)8-7-15-9-19(21(27)10-22(15)33-2)18-5-4-6-20(26)25(18)28/h3-6,9-10,16-17H,1,7-8,11-14H2,2H3. The number of carbonyl (C=O) groups excluding carboxylic acids is 2. The molecule has 0 aromatic heterocycles. The van der Waals surface area contributed by atoms with Gasteiger partial charge >= 0.3 is 0 Å². The van der Waals surface area contributed by atoms with Crippen LogP contribution in [0.4, 0.5) is 0 Å². The summed E-state index contributed by atoms with van der Waals surface area (Å²) in [5.74, 6) is 1.36. The van der Waals surface area contributed by atoms with Crippen molar-refractivity contribution < 1.29 is 14.3 Å². The molecule has 0 radical (unpaired) electrons. The summed E-state index contributed by atoms with van der Waals surface area (Å²) in [5.41, 5.74) is 2.36. The van der Waals surface area contributed by atoms with E-state index in [2.05, 4.69) is 6.58 Å². The topological polar surface area (TPSA) is 49.9 Å². The van der Waals surface area contributed by atoms with E-state index in [1.807, 2.05) is 28.0 Å². The summed E-state index contributed by atoms with van der Waals surface area (Å²) < 4.78 is 5.52. The second kappa shape index (κ2) is 9.96. The van der Waals surface area contributed by atoms with Crippen molar-refractivity contribution in [1.29, 1.82) is 0 Å². The van der Waals surface area contributed by atoms with Crippen LogP contribution in [0.1, 0.15) is 12.0 Å². The highest BCUT2D eigenvalue weighted by atomic mass is 35.5. The molecule has 2 atom stereocenters. The summed E-state index contributed by atoms with van der Waals surface area (Å²) in [5, 5.41) is 1.38. The van der Waals surface area contributed by atoms with Gasteiger partial charge in [-0.15, -0.1) is 0 Å². The third-order valence-electron chi connectivity index (χ3n) is 6.55. The Morgan fingerprint density at radius 2 is 1.70 bits per heavy atom. The minimum Gasteiger partial charge on any atom is -0.496 e. The average molecular weight is 508 g/mol. The number of carbonyl (C=O) groups is 2. The van der Waals surface area contributed by atoms with Crippen LogP contribution in [0.25, 0.3) is 11.1 Å². The van der Waals surface area contributed by atoms with E-state index < -0.39 is 0 Å². The van der Waals surface area contributed by atoms with E-state index in [1.54, 1.807) is 19.2 Å². The zero-order valence-corrected chi connectivity index (χ0v) is 20.6. The monoisotopic (exact) mass is 506 g/mol. The number of fused-ring (bicyclic) bond motifs is 1. The first-order chi connectivity index (χ1) is 15.8. The number of hydrogen-bond donors (Lipinski definition) is 0. The van der Waals surface area contributed by atoms with Gasteiger partial charge < -0.3 is 14.5 Å². The fraction of sp³-hybridized carbons (Fsp3) is 0.360. The fourth-order valence-electron chi connectivity index (χ4n) is 4.81. The van der Waals surface area contributed by atoms with E-state index in [0.717, 1.165) is 16.7 Å². The third kappa shape index (κ3) is 4.86. The first-order valence-corrected chi connectivity index (χ1v) is 12.0. The molecule has 5 nitrogen and oxygen atoms in total. The number of rotatable bonds is 6.